The molecule has 0 saturated carbocycles. The summed E-state index contributed by atoms with van der Waals surface area (Å²) in [6, 6.07) is 5.05. The molecule has 1 aromatic carbocycles. The van der Waals surface area contributed by atoms with E-state index in [-0.39, 0.29) is 10.6 Å². The first-order chi connectivity index (χ1) is 9.90. The van der Waals surface area contributed by atoms with Gasteiger partial charge in [-0.15, -0.1) is 0 Å². The predicted octanol–water partition coefficient (Wildman–Crippen LogP) is 3.52. The number of piperidine rings is 1. The second-order valence-electron chi connectivity index (χ2n) is 6.25. The van der Waals surface area contributed by atoms with Crippen LogP contribution in [0.25, 0.3) is 0 Å². The summed E-state index contributed by atoms with van der Waals surface area (Å²) < 4.78 is 0. The molecule has 1 aliphatic heterocycles. The standard InChI is InChI=1S/C16H24N2O3/c1-11(2)13-6-8-17(9-7-13)15-5-4-14(12(3)19)10-16(15)18(20)21/h4-5,10-13,19H,6-9H2,1-3H3/t12-/m1/s1. The molecule has 1 heterocycles. The van der Waals surface area contributed by atoms with E-state index in [1.54, 1.807) is 19.1 Å². The lowest BCUT2D eigenvalue weighted by atomic mass is 9.86. The molecular weight excluding hydrogens is 268 g/mol. The third kappa shape index (κ3) is 3.53. The summed E-state index contributed by atoms with van der Waals surface area (Å²) in [6.07, 6.45) is 1.46. The van der Waals surface area contributed by atoms with Crippen LogP contribution in [-0.4, -0.2) is 23.1 Å². The first-order valence-electron chi connectivity index (χ1n) is 7.61. The largest absolute Gasteiger partial charge is 0.389 e. The zero-order chi connectivity index (χ0) is 15.6. The van der Waals surface area contributed by atoms with Gasteiger partial charge >= 0.3 is 0 Å². The van der Waals surface area contributed by atoms with Crippen LogP contribution in [0.2, 0.25) is 0 Å². The quantitative estimate of drug-likeness (QED) is 0.681. The Hall–Kier alpha value is -1.62. The second kappa shape index (κ2) is 6.43. The molecule has 5 heteroatoms. The lowest BCUT2D eigenvalue weighted by Crippen LogP contribution is -2.35. The number of hydrogen-bond donors (Lipinski definition) is 1. The van der Waals surface area contributed by atoms with E-state index in [1.165, 1.54) is 6.07 Å². The van der Waals surface area contributed by atoms with Gasteiger partial charge in [0, 0.05) is 19.2 Å². The van der Waals surface area contributed by atoms with Crippen LogP contribution in [0.1, 0.15) is 45.3 Å². The van der Waals surface area contributed by atoms with Crippen LogP contribution < -0.4 is 4.90 Å². The Balaban J connectivity index is 2.22. The Labute approximate surface area is 125 Å². The summed E-state index contributed by atoms with van der Waals surface area (Å²) >= 11 is 0. The Morgan fingerprint density at radius 3 is 2.38 bits per heavy atom. The molecule has 0 amide bonds. The van der Waals surface area contributed by atoms with E-state index in [0.717, 1.165) is 25.9 Å². The van der Waals surface area contributed by atoms with Crippen molar-refractivity contribution in [1.82, 2.24) is 0 Å². The highest BCUT2D eigenvalue weighted by Crippen LogP contribution is 2.34. The summed E-state index contributed by atoms with van der Waals surface area (Å²) in [4.78, 5) is 13.1. The first kappa shape index (κ1) is 15.8. The van der Waals surface area contributed by atoms with Crippen molar-refractivity contribution in [3.63, 3.8) is 0 Å². The lowest BCUT2D eigenvalue weighted by Gasteiger charge is -2.35. The molecule has 1 aromatic rings. The summed E-state index contributed by atoms with van der Waals surface area (Å²) in [6.45, 7) is 7.81. The van der Waals surface area contributed by atoms with E-state index in [1.807, 2.05) is 0 Å². The van der Waals surface area contributed by atoms with E-state index in [0.29, 0.717) is 23.1 Å². The van der Waals surface area contributed by atoms with Gasteiger partial charge in [-0.2, -0.15) is 0 Å². The number of hydrogen-bond acceptors (Lipinski definition) is 4. The monoisotopic (exact) mass is 292 g/mol. The number of benzene rings is 1. The van der Waals surface area contributed by atoms with E-state index in [2.05, 4.69) is 18.7 Å². The maximum atomic E-state index is 11.3. The van der Waals surface area contributed by atoms with Crippen molar-refractivity contribution in [2.75, 3.05) is 18.0 Å². The van der Waals surface area contributed by atoms with Gasteiger partial charge in [0.05, 0.1) is 11.0 Å². The Kier molecular flexibility index (Phi) is 4.83. The molecule has 0 unspecified atom stereocenters. The number of aliphatic hydroxyl groups is 1. The molecule has 0 aliphatic carbocycles. The maximum absolute atomic E-state index is 11.3. The van der Waals surface area contributed by atoms with Gasteiger partial charge in [0.2, 0.25) is 0 Å². The molecule has 116 valence electrons. The molecule has 1 fully saturated rings. The summed E-state index contributed by atoms with van der Waals surface area (Å²) in [5.41, 5.74) is 1.35. The van der Waals surface area contributed by atoms with Gasteiger partial charge in [-0.05, 0) is 43.2 Å². The average molecular weight is 292 g/mol. The van der Waals surface area contributed by atoms with Crippen LogP contribution in [0.4, 0.5) is 11.4 Å². The maximum Gasteiger partial charge on any atom is 0.292 e. The highest BCUT2D eigenvalue weighted by atomic mass is 16.6. The fourth-order valence-electron chi connectivity index (χ4n) is 3.02. The fourth-order valence-corrected chi connectivity index (χ4v) is 3.02. The molecule has 0 radical (unpaired) electrons. The minimum atomic E-state index is -0.690. The van der Waals surface area contributed by atoms with Gasteiger partial charge in [0.25, 0.3) is 5.69 Å². The number of aliphatic hydroxyl groups excluding tert-OH is 1. The molecule has 1 saturated heterocycles. The zero-order valence-corrected chi connectivity index (χ0v) is 13.0. The Morgan fingerprint density at radius 2 is 1.90 bits per heavy atom. The highest BCUT2D eigenvalue weighted by Gasteiger charge is 2.26. The molecular formula is C16H24N2O3. The lowest BCUT2D eigenvalue weighted by molar-refractivity contribution is -0.384. The summed E-state index contributed by atoms with van der Waals surface area (Å²) in [5.74, 6) is 1.37. The molecule has 2 rings (SSSR count). The van der Waals surface area contributed by atoms with Crippen molar-refractivity contribution in [2.24, 2.45) is 11.8 Å². The molecule has 1 N–H and O–H groups in total. The Bertz CT molecular complexity index is 506. The number of nitro benzene ring substituents is 1. The SMILES string of the molecule is CC(C)C1CCN(c2ccc([C@@H](C)O)cc2[N+](=O)[O-])CC1. The number of nitrogens with zero attached hydrogens (tertiary/aromatic N) is 2. The van der Waals surface area contributed by atoms with E-state index >= 15 is 0 Å². The number of anilines is 1. The van der Waals surface area contributed by atoms with E-state index in [4.69, 9.17) is 0 Å². The van der Waals surface area contributed by atoms with Gasteiger partial charge in [0.1, 0.15) is 5.69 Å². The molecule has 5 nitrogen and oxygen atoms in total. The van der Waals surface area contributed by atoms with Crippen LogP contribution in [0, 0.1) is 22.0 Å². The fraction of sp³-hybridized carbons (Fsp3) is 0.625. The van der Waals surface area contributed by atoms with Crippen molar-refractivity contribution in [1.29, 1.82) is 0 Å². The van der Waals surface area contributed by atoms with Crippen LogP contribution in [-0.2, 0) is 0 Å². The van der Waals surface area contributed by atoms with Gasteiger partial charge in [-0.1, -0.05) is 19.9 Å². The van der Waals surface area contributed by atoms with Crippen LogP contribution in [0.15, 0.2) is 18.2 Å². The Morgan fingerprint density at radius 1 is 1.29 bits per heavy atom. The van der Waals surface area contributed by atoms with E-state index < -0.39 is 6.10 Å². The molecule has 0 aromatic heterocycles. The van der Waals surface area contributed by atoms with Gasteiger partial charge in [-0.25, -0.2) is 0 Å². The summed E-state index contributed by atoms with van der Waals surface area (Å²) in [5, 5.41) is 20.9. The van der Waals surface area contributed by atoms with Crippen molar-refractivity contribution in [3.05, 3.63) is 33.9 Å². The third-order valence-corrected chi connectivity index (χ3v) is 4.50. The zero-order valence-electron chi connectivity index (χ0n) is 13.0. The second-order valence-corrected chi connectivity index (χ2v) is 6.25. The molecule has 21 heavy (non-hydrogen) atoms. The number of rotatable bonds is 4. The molecule has 1 aliphatic rings. The van der Waals surface area contributed by atoms with E-state index in [9.17, 15) is 15.2 Å². The highest BCUT2D eigenvalue weighted by molar-refractivity contribution is 5.64. The normalized spacial score (nSPS) is 18.0. The molecule has 1 atom stereocenters. The minimum Gasteiger partial charge on any atom is -0.389 e. The first-order valence-corrected chi connectivity index (χ1v) is 7.61. The molecule has 0 spiro atoms. The van der Waals surface area contributed by atoms with Crippen molar-refractivity contribution >= 4 is 11.4 Å². The predicted molar refractivity (Wildman–Crippen MR) is 83.5 cm³/mol. The minimum absolute atomic E-state index is 0.0939. The average Bonchev–Trinajstić information content (AvgIpc) is 2.46. The molecule has 0 bridgehead atoms. The van der Waals surface area contributed by atoms with Crippen molar-refractivity contribution in [3.8, 4) is 0 Å². The third-order valence-electron chi connectivity index (χ3n) is 4.50. The number of nitro groups is 1. The van der Waals surface area contributed by atoms with Crippen molar-refractivity contribution < 1.29 is 10.0 Å². The van der Waals surface area contributed by atoms with Gasteiger partial charge in [-0.3, -0.25) is 10.1 Å². The summed E-state index contributed by atoms with van der Waals surface area (Å²) in [7, 11) is 0. The van der Waals surface area contributed by atoms with Crippen molar-refractivity contribution in [2.45, 2.75) is 39.7 Å². The van der Waals surface area contributed by atoms with Crippen LogP contribution >= 0.6 is 0 Å². The van der Waals surface area contributed by atoms with Gasteiger partial charge in [0.15, 0.2) is 0 Å². The van der Waals surface area contributed by atoms with Crippen LogP contribution in [0.3, 0.4) is 0 Å². The smallest absolute Gasteiger partial charge is 0.292 e. The van der Waals surface area contributed by atoms with Gasteiger partial charge < -0.3 is 10.0 Å². The van der Waals surface area contributed by atoms with Crippen LogP contribution in [0.5, 0.6) is 0 Å². The topological polar surface area (TPSA) is 66.6 Å².